The molecule has 0 amide bonds. The Kier molecular flexibility index (Phi) is 6.49. The first kappa shape index (κ1) is 22.7. The summed E-state index contributed by atoms with van der Waals surface area (Å²) in [6.07, 6.45) is 6.66. The maximum absolute atomic E-state index is 13.1. The van der Waals surface area contributed by atoms with Crippen LogP contribution < -0.4 is 10.5 Å². The first-order valence-corrected chi connectivity index (χ1v) is 10.6. The van der Waals surface area contributed by atoms with Crippen LogP contribution in [0, 0.1) is 13.1 Å². The molecule has 3 fully saturated rings. The quantitative estimate of drug-likeness (QED) is 0.535. The number of anilines is 1. The van der Waals surface area contributed by atoms with E-state index in [9.17, 15) is 13.5 Å². The van der Waals surface area contributed by atoms with E-state index in [2.05, 4.69) is 20.9 Å². The minimum Gasteiger partial charge on any atom is -0.446 e. The van der Waals surface area contributed by atoms with E-state index in [-0.39, 0.29) is 56.6 Å². The molecule has 1 radical (unpaired) electrons. The second-order valence-electron chi connectivity index (χ2n) is 7.74. The minimum atomic E-state index is -3.76. The van der Waals surface area contributed by atoms with Crippen molar-refractivity contribution in [3.63, 3.8) is 0 Å². The van der Waals surface area contributed by atoms with Gasteiger partial charge >= 0.3 is 0 Å². The monoisotopic (exact) mass is 492 g/mol. The number of hydrogen-bond acceptors (Lipinski definition) is 7. The molecule has 1 aromatic carbocycles. The topological polar surface area (TPSA) is 127 Å². The molecule has 1 saturated carbocycles. The number of benzene rings is 1. The Bertz CT molecular complexity index is 973. The van der Waals surface area contributed by atoms with Crippen molar-refractivity contribution in [2.45, 2.75) is 48.6 Å². The zero-order valence-corrected chi connectivity index (χ0v) is 19.8. The number of nitrogen functional groups attached to an aromatic ring is 1. The standard InChI is InChI=1S/C19H23N4O4S.Y/c1-13-2-3-14(8-15(13)16-9-22-17(20)10-21-16)28(25,26)23-18-4-6-19(11-24,7-5-18)27-12-18;/h2-3,8-9,23-24H,4-7,11-12H2,1H3,(H2,20,22);/q-1;. The average molecular weight is 492 g/mol. The van der Waals surface area contributed by atoms with Crippen LogP contribution in [0.15, 0.2) is 29.3 Å². The van der Waals surface area contributed by atoms with Crippen molar-refractivity contribution in [2.24, 2.45) is 0 Å². The summed E-state index contributed by atoms with van der Waals surface area (Å²) in [7, 11) is -3.76. The summed E-state index contributed by atoms with van der Waals surface area (Å²) < 4.78 is 34.9. The Labute approximate surface area is 195 Å². The van der Waals surface area contributed by atoms with Gasteiger partial charge in [0.1, 0.15) is 0 Å². The molecule has 2 bridgehead atoms. The molecule has 29 heavy (non-hydrogen) atoms. The van der Waals surface area contributed by atoms with E-state index in [4.69, 9.17) is 10.5 Å². The number of rotatable bonds is 5. The van der Waals surface area contributed by atoms with Crippen LogP contribution in [0.4, 0.5) is 5.82 Å². The summed E-state index contributed by atoms with van der Waals surface area (Å²) in [5, 5.41) is 9.56. The van der Waals surface area contributed by atoms with Crippen molar-refractivity contribution in [2.75, 3.05) is 18.9 Å². The van der Waals surface area contributed by atoms with Gasteiger partial charge in [-0.25, -0.2) is 13.1 Å². The van der Waals surface area contributed by atoms with Crippen molar-refractivity contribution >= 4 is 15.8 Å². The number of aliphatic hydroxyl groups excluding tert-OH is 1. The molecule has 5 rings (SSSR count). The van der Waals surface area contributed by atoms with Crippen molar-refractivity contribution in [3.05, 3.63) is 36.2 Å². The summed E-state index contributed by atoms with van der Waals surface area (Å²) in [5.41, 5.74) is 6.44. The Morgan fingerprint density at radius 1 is 1.31 bits per heavy atom. The van der Waals surface area contributed by atoms with Gasteiger partial charge in [0.2, 0.25) is 10.0 Å². The molecule has 3 heterocycles. The molecule has 4 N–H and O–H groups in total. The molecule has 153 valence electrons. The fraction of sp³-hybridized carbons (Fsp3) is 0.474. The summed E-state index contributed by atoms with van der Waals surface area (Å²) in [6.45, 7) is 2.11. The molecule has 10 heteroatoms. The van der Waals surface area contributed by atoms with Crippen LogP contribution in [0.25, 0.3) is 11.3 Å². The SMILES string of the molecule is Cc1ccc(S(=O)(=O)NC23CCC(CO)(CC2)OC3)cc1-c1cnc(N)[c-]n1.[Y]. The number of nitrogens with one attached hydrogen (secondary N) is 1. The van der Waals surface area contributed by atoms with Crippen LogP contribution >= 0.6 is 0 Å². The Hall–Kier alpha value is -0.966. The number of sulfonamides is 1. The molecule has 1 aliphatic carbocycles. The molecule has 2 aromatic rings. The van der Waals surface area contributed by atoms with Crippen LogP contribution in [-0.4, -0.2) is 47.8 Å². The van der Waals surface area contributed by atoms with Crippen molar-refractivity contribution < 1.29 is 51.0 Å². The van der Waals surface area contributed by atoms with Gasteiger partial charge in [0.25, 0.3) is 0 Å². The van der Waals surface area contributed by atoms with Gasteiger partial charge < -0.3 is 20.6 Å². The molecule has 1 aromatic heterocycles. The zero-order chi connectivity index (χ0) is 20.0. The van der Waals surface area contributed by atoms with Gasteiger partial charge in [-0.15, -0.1) is 6.20 Å². The third kappa shape index (κ3) is 4.40. The van der Waals surface area contributed by atoms with Crippen LogP contribution in [0.1, 0.15) is 31.2 Å². The Morgan fingerprint density at radius 2 is 2.03 bits per heavy atom. The van der Waals surface area contributed by atoms with E-state index in [1.165, 1.54) is 6.20 Å². The number of aryl methyl sites for hydroxylation is 1. The van der Waals surface area contributed by atoms with Gasteiger partial charge in [0, 0.05) is 38.5 Å². The van der Waals surface area contributed by atoms with Crippen LogP contribution in [0.5, 0.6) is 0 Å². The molecular weight excluding hydrogens is 469 g/mol. The summed E-state index contributed by atoms with van der Waals surface area (Å²) in [5.74, 6) is 0.180. The van der Waals surface area contributed by atoms with Crippen molar-refractivity contribution in [3.8, 4) is 11.3 Å². The third-order valence-electron chi connectivity index (χ3n) is 5.82. The number of aliphatic hydroxyl groups is 1. The van der Waals surface area contributed by atoms with Gasteiger partial charge in [-0.3, -0.25) is 4.98 Å². The van der Waals surface area contributed by atoms with E-state index in [0.29, 0.717) is 36.9 Å². The molecule has 8 nitrogen and oxygen atoms in total. The Morgan fingerprint density at radius 3 is 2.59 bits per heavy atom. The summed E-state index contributed by atoms with van der Waals surface area (Å²) in [6, 6.07) is 4.91. The number of fused-ring (bicyclic) bond motifs is 3. The first-order valence-electron chi connectivity index (χ1n) is 9.17. The molecule has 0 unspecified atom stereocenters. The van der Waals surface area contributed by atoms with Crippen molar-refractivity contribution in [1.29, 1.82) is 0 Å². The largest absolute Gasteiger partial charge is 0.446 e. The van der Waals surface area contributed by atoms with Crippen LogP contribution in [-0.2, 0) is 47.5 Å². The van der Waals surface area contributed by atoms with E-state index < -0.39 is 21.2 Å². The maximum atomic E-state index is 13.1. The average Bonchev–Trinajstić information content (AvgIpc) is 2.70. The van der Waals surface area contributed by atoms with Gasteiger partial charge in [-0.2, -0.15) is 0 Å². The molecule has 2 aliphatic heterocycles. The van der Waals surface area contributed by atoms with Gasteiger partial charge in [-0.05, 0) is 44.9 Å². The normalized spacial score (nSPS) is 26.1. The second-order valence-corrected chi connectivity index (χ2v) is 9.43. The number of nitrogens with two attached hydrogens (primary N) is 1. The van der Waals surface area contributed by atoms with Crippen LogP contribution in [0.3, 0.4) is 0 Å². The van der Waals surface area contributed by atoms with E-state index in [1.807, 2.05) is 6.92 Å². The molecule has 2 saturated heterocycles. The predicted molar refractivity (Wildman–Crippen MR) is 103 cm³/mol. The second kappa shape index (κ2) is 8.28. The number of ether oxygens (including phenoxy) is 1. The molecular formula is C19H23N4O4SY-. The van der Waals surface area contributed by atoms with E-state index in [1.54, 1.807) is 18.2 Å². The predicted octanol–water partition coefficient (Wildman–Crippen LogP) is 1.18. The number of hydrogen-bond donors (Lipinski definition) is 3. The number of aromatic nitrogens is 2. The summed E-state index contributed by atoms with van der Waals surface area (Å²) >= 11 is 0. The van der Waals surface area contributed by atoms with Gasteiger partial charge in [0.05, 0.1) is 29.2 Å². The van der Waals surface area contributed by atoms with Crippen LogP contribution in [0.2, 0.25) is 0 Å². The zero-order valence-electron chi connectivity index (χ0n) is 16.2. The van der Waals surface area contributed by atoms with E-state index >= 15 is 0 Å². The smallest absolute Gasteiger partial charge is 0.241 e. The summed E-state index contributed by atoms with van der Waals surface area (Å²) in [4.78, 5) is 8.27. The Balaban J connectivity index is 0.00000240. The first-order chi connectivity index (χ1) is 13.3. The number of nitrogens with zero attached hydrogens (tertiary/aromatic N) is 2. The van der Waals surface area contributed by atoms with Gasteiger partial charge in [0.15, 0.2) is 0 Å². The maximum Gasteiger partial charge on any atom is 0.241 e. The molecule has 0 atom stereocenters. The fourth-order valence-electron chi connectivity index (χ4n) is 3.92. The minimum absolute atomic E-state index is 0. The molecule has 0 spiro atoms. The molecule has 3 aliphatic rings. The fourth-order valence-corrected chi connectivity index (χ4v) is 5.39. The van der Waals surface area contributed by atoms with E-state index in [0.717, 1.165) is 5.56 Å². The third-order valence-corrected chi connectivity index (χ3v) is 7.40. The van der Waals surface area contributed by atoms with Gasteiger partial charge in [-0.1, -0.05) is 29.0 Å². The van der Waals surface area contributed by atoms with Crippen molar-refractivity contribution in [1.82, 2.24) is 14.7 Å².